The Morgan fingerprint density at radius 2 is 1.73 bits per heavy atom. The molecule has 0 atom stereocenters. The van der Waals surface area contributed by atoms with Crippen molar-refractivity contribution in [2.45, 2.75) is 27.1 Å². The number of aryl methyl sites for hydroxylation is 2. The summed E-state index contributed by atoms with van der Waals surface area (Å²) in [6.07, 6.45) is -4.82. The second-order valence-corrected chi connectivity index (χ2v) is 6.74. The van der Waals surface area contributed by atoms with Gasteiger partial charge in [-0.15, -0.1) is 13.2 Å². The van der Waals surface area contributed by atoms with Crippen molar-refractivity contribution in [3.05, 3.63) is 65.5 Å². The van der Waals surface area contributed by atoms with E-state index >= 15 is 0 Å². The molecule has 0 unspecified atom stereocenters. The minimum absolute atomic E-state index is 0.0637. The van der Waals surface area contributed by atoms with E-state index in [-0.39, 0.29) is 12.2 Å². The van der Waals surface area contributed by atoms with E-state index < -0.39 is 18.0 Å². The fourth-order valence-corrected chi connectivity index (χ4v) is 2.95. The lowest BCUT2D eigenvalue weighted by Gasteiger charge is -2.14. The van der Waals surface area contributed by atoms with Crippen LogP contribution in [0.15, 0.2) is 48.5 Å². The number of alkyl halides is 3. The first-order valence-electron chi connectivity index (χ1n) is 9.16. The van der Waals surface area contributed by atoms with E-state index in [1.807, 2.05) is 38.1 Å². The summed E-state index contributed by atoms with van der Waals surface area (Å²) in [6.45, 7) is 5.34. The lowest BCUT2D eigenvalue weighted by Crippen LogP contribution is -2.23. The summed E-state index contributed by atoms with van der Waals surface area (Å²) in [6, 6.07) is 13.3. The third kappa shape index (κ3) is 5.11. The van der Waals surface area contributed by atoms with Crippen LogP contribution in [0.4, 0.5) is 24.5 Å². The zero-order valence-electron chi connectivity index (χ0n) is 16.7. The number of nitrogens with zero attached hydrogens (tertiary/aromatic N) is 2. The summed E-state index contributed by atoms with van der Waals surface area (Å²) in [4.78, 5) is 12.4. The van der Waals surface area contributed by atoms with Crippen LogP contribution in [0, 0.1) is 20.8 Å². The maximum Gasteiger partial charge on any atom is 0.573 e. The number of aromatic nitrogens is 2. The Kier molecular flexibility index (Phi) is 6.00. The van der Waals surface area contributed by atoms with Gasteiger partial charge < -0.3 is 15.4 Å². The zero-order valence-corrected chi connectivity index (χ0v) is 16.7. The molecule has 1 heterocycles. The van der Waals surface area contributed by atoms with Gasteiger partial charge in [0.05, 0.1) is 35.0 Å². The average molecular weight is 418 g/mol. The first-order valence-corrected chi connectivity index (χ1v) is 9.16. The van der Waals surface area contributed by atoms with Crippen molar-refractivity contribution >= 4 is 17.3 Å². The van der Waals surface area contributed by atoms with Crippen molar-refractivity contribution < 1.29 is 22.7 Å². The molecule has 6 nitrogen and oxygen atoms in total. The van der Waals surface area contributed by atoms with Crippen molar-refractivity contribution in [3.63, 3.8) is 0 Å². The van der Waals surface area contributed by atoms with Crippen LogP contribution in [0.2, 0.25) is 0 Å². The number of ether oxygens (including phenoxy) is 1. The SMILES string of the molecule is Cc1ccc(-n2nc(C)c(NC(=O)CNc3ccccc3OC(F)(F)F)c2C)cc1. The third-order valence-electron chi connectivity index (χ3n) is 4.39. The molecule has 0 aliphatic heterocycles. The Morgan fingerprint density at radius 3 is 2.40 bits per heavy atom. The number of halogens is 3. The number of hydrogen-bond donors (Lipinski definition) is 2. The number of hydrogen-bond acceptors (Lipinski definition) is 4. The first-order chi connectivity index (χ1) is 14.1. The smallest absolute Gasteiger partial charge is 0.404 e. The van der Waals surface area contributed by atoms with Gasteiger partial charge in [0.1, 0.15) is 0 Å². The number of nitrogens with one attached hydrogen (secondary N) is 2. The standard InChI is InChI=1S/C21H21F3N4O2/c1-13-8-10-16(11-9-13)28-15(3)20(14(2)27-28)26-19(29)12-25-17-6-4-5-7-18(17)30-21(22,23)24/h4-11,25H,12H2,1-3H3,(H,26,29). The van der Waals surface area contributed by atoms with E-state index in [0.29, 0.717) is 11.4 Å². The highest BCUT2D eigenvalue weighted by molar-refractivity contribution is 5.95. The van der Waals surface area contributed by atoms with Crippen LogP contribution in [-0.4, -0.2) is 28.6 Å². The second kappa shape index (κ2) is 8.48. The molecule has 0 spiro atoms. The highest BCUT2D eigenvalue weighted by Crippen LogP contribution is 2.30. The Hall–Kier alpha value is -3.49. The molecule has 30 heavy (non-hydrogen) atoms. The van der Waals surface area contributed by atoms with E-state index in [1.54, 1.807) is 17.7 Å². The quantitative estimate of drug-likeness (QED) is 0.606. The topological polar surface area (TPSA) is 68.2 Å². The molecular weight excluding hydrogens is 397 g/mol. The van der Waals surface area contributed by atoms with Gasteiger partial charge in [-0.1, -0.05) is 29.8 Å². The molecule has 9 heteroatoms. The van der Waals surface area contributed by atoms with Gasteiger partial charge in [0.25, 0.3) is 0 Å². The van der Waals surface area contributed by atoms with Gasteiger partial charge in [0.15, 0.2) is 5.75 Å². The highest BCUT2D eigenvalue weighted by atomic mass is 19.4. The molecule has 158 valence electrons. The van der Waals surface area contributed by atoms with E-state index in [2.05, 4.69) is 20.5 Å². The van der Waals surface area contributed by atoms with Crippen molar-refractivity contribution in [3.8, 4) is 11.4 Å². The molecular formula is C21H21F3N4O2. The highest BCUT2D eigenvalue weighted by Gasteiger charge is 2.32. The molecule has 0 fully saturated rings. The van der Waals surface area contributed by atoms with Crippen LogP contribution in [0.3, 0.4) is 0 Å². The Morgan fingerprint density at radius 1 is 1.07 bits per heavy atom. The van der Waals surface area contributed by atoms with Crippen molar-refractivity contribution in [2.24, 2.45) is 0 Å². The fraction of sp³-hybridized carbons (Fsp3) is 0.238. The van der Waals surface area contributed by atoms with E-state index in [4.69, 9.17) is 0 Å². The molecule has 0 saturated carbocycles. The number of para-hydroxylation sites is 2. The minimum Gasteiger partial charge on any atom is -0.404 e. The van der Waals surface area contributed by atoms with E-state index in [0.717, 1.165) is 16.9 Å². The summed E-state index contributed by atoms with van der Waals surface area (Å²) in [5.41, 5.74) is 3.97. The Labute approximate surface area is 171 Å². The lowest BCUT2D eigenvalue weighted by atomic mass is 10.2. The molecule has 0 aliphatic carbocycles. The monoisotopic (exact) mass is 418 g/mol. The maximum atomic E-state index is 12.5. The van der Waals surface area contributed by atoms with E-state index in [9.17, 15) is 18.0 Å². The largest absolute Gasteiger partial charge is 0.573 e. The molecule has 3 aromatic rings. The molecule has 2 N–H and O–H groups in total. The molecule has 0 bridgehead atoms. The average Bonchev–Trinajstić information content (AvgIpc) is 2.95. The molecule has 2 aromatic carbocycles. The third-order valence-corrected chi connectivity index (χ3v) is 4.39. The van der Waals surface area contributed by atoms with Gasteiger partial charge in [-0.3, -0.25) is 4.79 Å². The van der Waals surface area contributed by atoms with Crippen LogP contribution >= 0.6 is 0 Å². The Bertz CT molecular complexity index is 1040. The minimum atomic E-state index is -4.82. The summed E-state index contributed by atoms with van der Waals surface area (Å²) >= 11 is 0. The zero-order chi connectivity index (χ0) is 21.9. The number of anilines is 2. The van der Waals surface area contributed by atoms with Gasteiger partial charge in [0.2, 0.25) is 5.91 Å². The summed E-state index contributed by atoms with van der Waals surface area (Å²) in [5.74, 6) is -0.830. The molecule has 3 rings (SSSR count). The number of carbonyl (C=O) groups excluding carboxylic acids is 1. The summed E-state index contributed by atoms with van der Waals surface area (Å²) in [7, 11) is 0. The van der Waals surface area contributed by atoms with Gasteiger partial charge >= 0.3 is 6.36 Å². The van der Waals surface area contributed by atoms with Crippen LogP contribution in [0.1, 0.15) is 17.0 Å². The normalized spacial score (nSPS) is 11.3. The first kappa shape index (κ1) is 21.2. The number of rotatable bonds is 6. The van der Waals surface area contributed by atoms with Gasteiger partial charge in [-0.25, -0.2) is 4.68 Å². The molecule has 0 saturated heterocycles. The van der Waals surface area contributed by atoms with Crippen LogP contribution < -0.4 is 15.4 Å². The lowest BCUT2D eigenvalue weighted by molar-refractivity contribution is -0.274. The number of amides is 1. The van der Waals surface area contributed by atoms with Gasteiger partial charge in [-0.05, 0) is 45.0 Å². The van der Waals surface area contributed by atoms with Crippen molar-refractivity contribution in [2.75, 3.05) is 17.2 Å². The molecule has 1 amide bonds. The van der Waals surface area contributed by atoms with E-state index in [1.165, 1.54) is 18.2 Å². The molecule has 1 aromatic heterocycles. The predicted octanol–water partition coefficient (Wildman–Crippen LogP) is 4.75. The fourth-order valence-electron chi connectivity index (χ4n) is 2.95. The number of benzene rings is 2. The van der Waals surface area contributed by atoms with Crippen LogP contribution in [0.5, 0.6) is 5.75 Å². The number of carbonyl (C=O) groups is 1. The van der Waals surface area contributed by atoms with Crippen molar-refractivity contribution in [1.29, 1.82) is 0 Å². The maximum absolute atomic E-state index is 12.5. The Balaban J connectivity index is 1.70. The second-order valence-electron chi connectivity index (χ2n) is 6.74. The predicted molar refractivity (Wildman–Crippen MR) is 108 cm³/mol. The summed E-state index contributed by atoms with van der Waals surface area (Å²) < 4.78 is 43.3. The van der Waals surface area contributed by atoms with Gasteiger partial charge in [-0.2, -0.15) is 5.10 Å². The molecule has 0 radical (unpaired) electrons. The summed E-state index contributed by atoms with van der Waals surface area (Å²) in [5, 5.41) is 9.92. The van der Waals surface area contributed by atoms with Crippen LogP contribution in [0.25, 0.3) is 5.69 Å². The molecule has 0 aliphatic rings. The van der Waals surface area contributed by atoms with Gasteiger partial charge in [0, 0.05) is 0 Å². The van der Waals surface area contributed by atoms with Crippen molar-refractivity contribution in [1.82, 2.24) is 9.78 Å². The van der Waals surface area contributed by atoms with Crippen LogP contribution in [-0.2, 0) is 4.79 Å².